The van der Waals surface area contributed by atoms with Gasteiger partial charge in [0.2, 0.25) is 0 Å². The molecular formula is C25H30N2. The van der Waals surface area contributed by atoms with Crippen molar-refractivity contribution in [2.75, 3.05) is 19.6 Å². The fraction of sp³-hybridized carbons (Fsp3) is 0.360. The number of aryl methyl sites for hydroxylation is 3. The Labute approximate surface area is 162 Å². The number of nitrogens with zero attached hydrogens (tertiary/aromatic N) is 1. The van der Waals surface area contributed by atoms with Crippen LogP contribution in [0.1, 0.15) is 41.5 Å². The molecule has 1 N–H and O–H groups in total. The predicted molar refractivity (Wildman–Crippen MR) is 116 cm³/mol. The van der Waals surface area contributed by atoms with Crippen LogP contribution in [0.15, 0.2) is 54.7 Å². The molecule has 0 saturated heterocycles. The number of aromatic amines is 1. The molecule has 27 heavy (non-hydrogen) atoms. The largest absolute Gasteiger partial charge is 0.361 e. The Morgan fingerprint density at radius 2 is 1.78 bits per heavy atom. The van der Waals surface area contributed by atoms with Crippen molar-refractivity contribution in [1.82, 2.24) is 9.88 Å². The minimum absolute atomic E-state index is 1.09. The van der Waals surface area contributed by atoms with Crippen molar-refractivity contribution in [1.29, 1.82) is 0 Å². The topological polar surface area (TPSA) is 19.0 Å². The molecule has 1 aliphatic heterocycles. The number of nitrogens with one attached hydrogen (secondary N) is 1. The number of unbranched alkanes of at least 4 members (excludes halogenated alkanes) is 1. The molecule has 4 rings (SSSR count). The smallest absolute Gasteiger partial charge is 0.0489 e. The third-order valence-corrected chi connectivity index (χ3v) is 5.94. The quantitative estimate of drug-likeness (QED) is 0.544. The highest BCUT2D eigenvalue weighted by atomic mass is 15.1. The standard InChI is InChI=1S/C25H30N2/c1-19-11-12-20(2)25-24(19)23(18-26-25)10-6-7-15-27-16-13-22(14-17-27)21-8-4-3-5-9-21/h3-5,8-9,11-13,18,26H,6-7,10,14-17H2,1-2H3. The lowest BCUT2D eigenvalue weighted by Gasteiger charge is -2.26. The van der Waals surface area contributed by atoms with Gasteiger partial charge in [0.25, 0.3) is 0 Å². The Bertz CT molecular complexity index is 934. The van der Waals surface area contributed by atoms with Gasteiger partial charge >= 0.3 is 0 Å². The maximum absolute atomic E-state index is 3.49. The maximum atomic E-state index is 3.49. The van der Waals surface area contributed by atoms with Gasteiger partial charge in [-0.15, -0.1) is 0 Å². The van der Waals surface area contributed by atoms with Crippen LogP contribution >= 0.6 is 0 Å². The Morgan fingerprint density at radius 1 is 0.963 bits per heavy atom. The second-order valence-electron chi connectivity index (χ2n) is 7.87. The molecule has 0 amide bonds. The monoisotopic (exact) mass is 358 g/mol. The van der Waals surface area contributed by atoms with Crippen molar-refractivity contribution in [3.8, 4) is 0 Å². The fourth-order valence-corrected chi connectivity index (χ4v) is 4.32. The van der Waals surface area contributed by atoms with Crippen molar-refractivity contribution in [3.05, 3.63) is 77.0 Å². The van der Waals surface area contributed by atoms with Crippen LogP contribution in [-0.4, -0.2) is 29.5 Å². The number of benzene rings is 2. The minimum atomic E-state index is 1.09. The molecule has 0 bridgehead atoms. The maximum Gasteiger partial charge on any atom is 0.0489 e. The zero-order valence-corrected chi connectivity index (χ0v) is 16.6. The molecule has 0 radical (unpaired) electrons. The summed E-state index contributed by atoms with van der Waals surface area (Å²) < 4.78 is 0. The van der Waals surface area contributed by atoms with E-state index in [1.807, 2.05) is 0 Å². The SMILES string of the molecule is Cc1ccc(C)c2c(CCCCN3CC=C(c4ccccc4)CC3)c[nH]c12. The number of H-pyrrole nitrogens is 1. The van der Waals surface area contributed by atoms with E-state index < -0.39 is 0 Å². The van der Waals surface area contributed by atoms with E-state index in [0.29, 0.717) is 0 Å². The molecule has 0 unspecified atom stereocenters. The highest BCUT2D eigenvalue weighted by Gasteiger charge is 2.13. The summed E-state index contributed by atoms with van der Waals surface area (Å²) in [6.45, 7) is 7.90. The lowest BCUT2D eigenvalue weighted by molar-refractivity contribution is 0.295. The van der Waals surface area contributed by atoms with Crippen LogP contribution in [-0.2, 0) is 6.42 Å². The lowest BCUT2D eigenvalue weighted by Crippen LogP contribution is -2.29. The van der Waals surface area contributed by atoms with Crippen LogP contribution in [0.3, 0.4) is 0 Å². The fourth-order valence-electron chi connectivity index (χ4n) is 4.32. The van der Waals surface area contributed by atoms with E-state index >= 15 is 0 Å². The van der Waals surface area contributed by atoms with Crippen molar-refractivity contribution in [3.63, 3.8) is 0 Å². The van der Waals surface area contributed by atoms with Crippen LogP contribution < -0.4 is 0 Å². The first-order valence-electron chi connectivity index (χ1n) is 10.3. The molecule has 2 nitrogen and oxygen atoms in total. The summed E-state index contributed by atoms with van der Waals surface area (Å²) in [7, 11) is 0. The first-order chi connectivity index (χ1) is 13.2. The van der Waals surface area contributed by atoms with Crippen LogP contribution in [0.25, 0.3) is 16.5 Å². The number of hydrogen-bond donors (Lipinski definition) is 1. The van der Waals surface area contributed by atoms with Gasteiger partial charge in [0.1, 0.15) is 0 Å². The van der Waals surface area contributed by atoms with Gasteiger partial charge in [-0.2, -0.15) is 0 Å². The van der Waals surface area contributed by atoms with E-state index in [-0.39, 0.29) is 0 Å². The van der Waals surface area contributed by atoms with Crippen molar-refractivity contribution in [2.45, 2.75) is 39.5 Å². The molecular weight excluding hydrogens is 328 g/mol. The molecule has 0 aliphatic carbocycles. The van der Waals surface area contributed by atoms with Crippen LogP contribution in [0.2, 0.25) is 0 Å². The molecule has 0 spiro atoms. The summed E-state index contributed by atoms with van der Waals surface area (Å²) in [5.74, 6) is 0. The highest BCUT2D eigenvalue weighted by molar-refractivity contribution is 5.88. The van der Waals surface area contributed by atoms with Crippen LogP contribution in [0, 0.1) is 13.8 Å². The Balaban J connectivity index is 1.28. The van der Waals surface area contributed by atoms with Crippen LogP contribution in [0.5, 0.6) is 0 Å². The molecule has 0 fully saturated rings. The van der Waals surface area contributed by atoms with Crippen molar-refractivity contribution in [2.24, 2.45) is 0 Å². The molecule has 0 atom stereocenters. The Kier molecular flexibility index (Phi) is 5.45. The first kappa shape index (κ1) is 18.1. The summed E-state index contributed by atoms with van der Waals surface area (Å²) in [6, 6.07) is 15.3. The first-order valence-corrected chi connectivity index (χ1v) is 10.3. The van der Waals surface area contributed by atoms with E-state index in [9.17, 15) is 0 Å². The van der Waals surface area contributed by atoms with Gasteiger partial charge < -0.3 is 4.98 Å². The van der Waals surface area contributed by atoms with Gasteiger partial charge in [-0.25, -0.2) is 0 Å². The van der Waals surface area contributed by atoms with Gasteiger partial charge in [-0.1, -0.05) is 48.5 Å². The van der Waals surface area contributed by atoms with Gasteiger partial charge in [0, 0.05) is 30.2 Å². The molecule has 0 saturated carbocycles. The Morgan fingerprint density at radius 3 is 2.56 bits per heavy atom. The number of aromatic nitrogens is 1. The van der Waals surface area contributed by atoms with E-state index in [1.54, 1.807) is 0 Å². The molecule has 2 heteroatoms. The lowest BCUT2D eigenvalue weighted by atomic mass is 9.99. The summed E-state index contributed by atoms with van der Waals surface area (Å²) in [5, 5.41) is 1.45. The predicted octanol–water partition coefficient (Wildman–Crippen LogP) is 5.90. The Hall–Kier alpha value is -2.32. The zero-order chi connectivity index (χ0) is 18.6. The second-order valence-corrected chi connectivity index (χ2v) is 7.87. The van der Waals surface area contributed by atoms with Gasteiger partial charge in [-0.3, -0.25) is 4.90 Å². The third-order valence-electron chi connectivity index (χ3n) is 5.94. The summed E-state index contributed by atoms with van der Waals surface area (Å²) >= 11 is 0. The minimum Gasteiger partial charge on any atom is -0.361 e. The van der Waals surface area contributed by atoms with E-state index in [1.165, 1.54) is 77.5 Å². The van der Waals surface area contributed by atoms with E-state index in [0.717, 1.165) is 6.54 Å². The molecule has 140 valence electrons. The summed E-state index contributed by atoms with van der Waals surface area (Å²) in [4.78, 5) is 6.08. The number of rotatable bonds is 6. The molecule has 1 aliphatic rings. The third kappa shape index (κ3) is 4.01. The van der Waals surface area contributed by atoms with Gasteiger partial charge in [0.15, 0.2) is 0 Å². The summed E-state index contributed by atoms with van der Waals surface area (Å²) in [6.07, 6.45) is 9.51. The number of hydrogen-bond acceptors (Lipinski definition) is 1. The zero-order valence-electron chi connectivity index (χ0n) is 16.6. The van der Waals surface area contributed by atoms with Gasteiger partial charge in [0.05, 0.1) is 0 Å². The van der Waals surface area contributed by atoms with E-state index in [2.05, 4.69) is 78.5 Å². The normalized spacial score (nSPS) is 15.3. The highest BCUT2D eigenvalue weighted by Crippen LogP contribution is 2.26. The molecule has 1 aromatic heterocycles. The van der Waals surface area contributed by atoms with Gasteiger partial charge in [-0.05, 0) is 73.9 Å². The average Bonchev–Trinajstić information content (AvgIpc) is 3.15. The molecule has 3 aromatic rings. The average molecular weight is 359 g/mol. The summed E-state index contributed by atoms with van der Waals surface area (Å²) in [5.41, 5.74) is 8.44. The molecule has 2 heterocycles. The van der Waals surface area contributed by atoms with E-state index in [4.69, 9.17) is 0 Å². The molecule has 2 aromatic carbocycles. The van der Waals surface area contributed by atoms with Crippen LogP contribution in [0.4, 0.5) is 0 Å². The number of fused-ring (bicyclic) bond motifs is 1. The van der Waals surface area contributed by atoms with Crippen molar-refractivity contribution >= 4 is 16.5 Å². The van der Waals surface area contributed by atoms with Crippen molar-refractivity contribution < 1.29 is 0 Å². The second kappa shape index (κ2) is 8.14.